The van der Waals surface area contributed by atoms with Gasteiger partial charge in [0.15, 0.2) is 0 Å². The van der Waals surface area contributed by atoms with Gasteiger partial charge in [0.2, 0.25) is 0 Å². The molecule has 1 aromatic carbocycles. The molecule has 22 heavy (non-hydrogen) atoms. The summed E-state index contributed by atoms with van der Waals surface area (Å²) >= 11 is 11.9. The summed E-state index contributed by atoms with van der Waals surface area (Å²) in [7, 11) is 0. The molecule has 112 valence electrons. The van der Waals surface area contributed by atoms with Gasteiger partial charge in [0, 0.05) is 23.0 Å². The third-order valence-electron chi connectivity index (χ3n) is 3.45. The predicted molar refractivity (Wildman–Crippen MR) is 87.5 cm³/mol. The van der Waals surface area contributed by atoms with Crippen LogP contribution < -0.4 is 0 Å². The minimum atomic E-state index is -0.841. The van der Waals surface area contributed by atoms with E-state index in [1.807, 2.05) is 12.1 Å². The first kappa shape index (κ1) is 14.9. The summed E-state index contributed by atoms with van der Waals surface area (Å²) in [6.45, 7) is 0. The molecule has 0 aliphatic carbocycles. The Morgan fingerprint density at radius 2 is 1.91 bits per heavy atom. The molecule has 0 amide bonds. The Hall–Kier alpha value is -2.04. The fourth-order valence-electron chi connectivity index (χ4n) is 2.45. The van der Waals surface area contributed by atoms with E-state index >= 15 is 0 Å². The molecule has 0 aliphatic rings. The summed E-state index contributed by atoms with van der Waals surface area (Å²) in [6.07, 6.45) is 2.00. The first-order valence-corrected chi connectivity index (χ1v) is 7.44. The van der Waals surface area contributed by atoms with E-state index in [-0.39, 0.29) is 6.42 Å². The lowest BCUT2D eigenvalue weighted by atomic mass is 10.0. The molecule has 0 radical (unpaired) electrons. The van der Waals surface area contributed by atoms with Gasteiger partial charge in [-0.2, -0.15) is 0 Å². The van der Waals surface area contributed by atoms with Crippen LogP contribution in [0.5, 0.6) is 0 Å². The number of hydrogen-bond acceptors (Lipinski definition) is 2. The Morgan fingerprint density at radius 1 is 1.18 bits per heavy atom. The first-order chi connectivity index (χ1) is 10.5. The molecule has 4 nitrogen and oxygen atoms in total. The molecular formula is C16H12Cl2N2O2. The number of aryl methyl sites for hydroxylation is 1. The molecule has 2 N–H and O–H groups in total. The van der Waals surface area contributed by atoms with Crippen molar-refractivity contribution in [2.75, 3.05) is 0 Å². The Morgan fingerprint density at radius 3 is 2.59 bits per heavy atom. The zero-order valence-corrected chi connectivity index (χ0v) is 12.9. The molecule has 0 bridgehead atoms. The second-order valence-corrected chi connectivity index (χ2v) is 5.80. The van der Waals surface area contributed by atoms with E-state index in [0.29, 0.717) is 22.1 Å². The van der Waals surface area contributed by atoms with Gasteiger partial charge < -0.3 is 10.1 Å². The van der Waals surface area contributed by atoms with Crippen LogP contribution in [0.4, 0.5) is 0 Å². The molecule has 2 heterocycles. The topological polar surface area (TPSA) is 66.0 Å². The maximum absolute atomic E-state index is 10.9. The van der Waals surface area contributed by atoms with Gasteiger partial charge in [-0.15, -0.1) is 0 Å². The van der Waals surface area contributed by atoms with Crippen molar-refractivity contribution < 1.29 is 9.90 Å². The van der Waals surface area contributed by atoms with Crippen molar-refractivity contribution in [3.05, 3.63) is 52.1 Å². The number of aromatic amines is 1. The highest BCUT2D eigenvalue weighted by molar-refractivity contribution is 6.31. The fourth-order valence-corrected chi connectivity index (χ4v) is 2.74. The summed E-state index contributed by atoms with van der Waals surface area (Å²) in [4.78, 5) is 18.4. The van der Waals surface area contributed by atoms with Gasteiger partial charge in [0.05, 0.1) is 10.7 Å². The van der Waals surface area contributed by atoms with Crippen LogP contribution in [-0.4, -0.2) is 21.0 Å². The highest BCUT2D eigenvalue weighted by atomic mass is 35.5. The maximum atomic E-state index is 10.9. The number of benzene rings is 1. The standard InChI is InChI=1S/C16H12Cl2N2O2/c17-10-3-1-9(2-4-10)15-12(5-6-14(21)22)13-7-11(18)8-19-16(13)20-15/h1-4,7-8H,5-6H2,(H,19,20)(H,21,22). The number of pyridine rings is 1. The van der Waals surface area contributed by atoms with E-state index in [2.05, 4.69) is 9.97 Å². The summed E-state index contributed by atoms with van der Waals surface area (Å²) in [5.41, 5.74) is 3.37. The molecule has 0 atom stereocenters. The highest BCUT2D eigenvalue weighted by Gasteiger charge is 2.15. The number of rotatable bonds is 4. The fraction of sp³-hybridized carbons (Fsp3) is 0.125. The van der Waals surface area contributed by atoms with E-state index in [4.69, 9.17) is 28.3 Å². The smallest absolute Gasteiger partial charge is 0.303 e. The van der Waals surface area contributed by atoms with Crippen molar-refractivity contribution in [1.29, 1.82) is 0 Å². The van der Waals surface area contributed by atoms with Crippen LogP contribution in [-0.2, 0) is 11.2 Å². The quantitative estimate of drug-likeness (QED) is 0.735. The molecule has 0 saturated carbocycles. The third kappa shape index (κ3) is 2.93. The predicted octanol–water partition coefficient (Wildman–Crippen LogP) is 4.55. The Balaban J connectivity index is 2.16. The number of halogens is 2. The Labute approximate surface area is 136 Å². The molecule has 2 aromatic heterocycles. The molecule has 0 aliphatic heterocycles. The third-order valence-corrected chi connectivity index (χ3v) is 3.91. The van der Waals surface area contributed by atoms with Crippen LogP contribution in [0.3, 0.4) is 0 Å². The van der Waals surface area contributed by atoms with Crippen LogP contribution in [0.1, 0.15) is 12.0 Å². The van der Waals surface area contributed by atoms with Gasteiger partial charge in [-0.3, -0.25) is 4.79 Å². The molecule has 6 heteroatoms. The Bertz CT molecular complexity index is 841. The molecule has 0 saturated heterocycles. The van der Waals surface area contributed by atoms with Crippen molar-refractivity contribution in [3.8, 4) is 11.3 Å². The number of carbonyl (C=O) groups is 1. The van der Waals surface area contributed by atoms with Gasteiger partial charge >= 0.3 is 5.97 Å². The monoisotopic (exact) mass is 334 g/mol. The summed E-state index contributed by atoms with van der Waals surface area (Å²) in [5.74, 6) is -0.841. The largest absolute Gasteiger partial charge is 0.481 e. The summed E-state index contributed by atoms with van der Waals surface area (Å²) in [6, 6.07) is 9.17. The Kier molecular flexibility index (Phi) is 4.05. The van der Waals surface area contributed by atoms with E-state index in [0.717, 1.165) is 22.2 Å². The number of H-pyrrole nitrogens is 1. The number of carboxylic acids is 1. The normalized spacial score (nSPS) is 11.0. The van der Waals surface area contributed by atoms with E-state index < -0.39 is 5.97 Å². The molecular weight excluding hydrogens is 323 g/mol. The van der Waals surface area contributed by atoms with Gasteiger partial charge in [0.25, 0.3) is 0 Å². The van der Waals surface area contributed by atoms with Gasteiger partial charge in [-0.1, -0.05) is 35.3 Å². The van der Waals surface area contributed by atoms with E-state index in [9.17, 15) is 4.79 Å². The lowest BCUT2D eigenvalue weighted by molar-refractivity contribution is -0.136. The maximum Gasteiger partial charge on any atom is 0.303 e. The first-order valence-electron chi connectivity index (χ1n) is 6.68. The number of aliphatic carboxylic acids is 1. The lowest BCUT2D eigenvalue weighted by Gasteiger charge is -2.04. The van der Waals surface area contributed by atoms with Crippen molar-refractivity contribution in [2.24, 2.45) is 0 Å². The molecule has 3 aromatic rings. The van der Waals surface area contributed by atoms with Crippen LogP contribution >= 0.6 is 23.2 Å². The number of fused-ring (bicyclic) bond motifs is 1. The average molecular weight is 335 g/mol. The van der Waals surface area contributed by atoms with Crippen LogP contribution in [0.25, 0.3) is 22.3 Å². The van der Waals surface area contributed by atoms with Crippen molar-refractivity contribution in [1.82, 2.24) is 9.97 Å². The molecule has 0 spiro atoms. The summed E-state index contributed by atoms with van der Waals surface area (Å²) < 4.78 is 0. The average Bonchev–Trinajstić information content (AvgIpc) is 2.83. The number of aromatic nitrogens is 2. The minimum Gasteiger partial charge on any atom is -0.481 e. The highest BCUT2D eigenvalue weighted by Crippen LogP contribution is 2.32. The van der Waals surface area contributed by atoms with Crippen molar-refractivity contribution in [2.45, 2.75) is 12.8 Å². The van der Waals surface area contributed by atoms with Crippen LogP contribution in [0, 0.1) is 0 Å². The number of hydrogen-bond donors (Lipinski definition) is 2. The van der Waals surface area contributed by atoms with Crippen LogP contribution in [0.2, 0.25) is 10.0 Å². The zero-order valence-electron chi connectivity index (χ0n) is 11.4. The SMILES string of the molecule is O=C(O)CCc1c(-c2ccc(Cl)cc2)[nH]c2ncc(Cl)cc12. The van der Waals surface area contributed by atoms with Crippen molar-refractivity contribution in [3.63, 3.8) is 0 Å². The van der Waals surface area contributed by atoms with Crippen molar-refractivity contribution >= 4 is 40.2 Å². The van der Waals surface area contributed by atoms with E-state index in [1.165, 1.54) is 0 Å². The van der Waals surface area contributed by atoms with Gasteiger partial charge in [0.1, 0.15) is 5.65 Å². The minimum absolute atomic E-state index is 0.0417. The van der Waals surface area contributed by atoms with E-state index in [1.54, 1.807) is 24.4 Å². The van der Waals surface area contributed by atoms with Crippen LogP contribution in [0.15, 0.2) is 36.5 Å². The lowest BCUT2D eigenvalue weighted by Crippen LogP contribution is -1.98. The second kappa shape index (κ2) is 5.99. The van der Waals surface area contributed by atoms with Gasteiger partial charge in [-0.25, -0.2) is 4.98 Å². The number of nitrogens with zero attached hydrogens (tertiary/aromatic N) is 1. The number of nitrogens with one attached hydrogen (secondary N) is 1. The van der Waals surface area contributed by atoms with Gasteiger partial charge in [-0.05, 0) is 35.7 Å². The second-order valence-electron chi connectivity index (χ2n) is 4.93. The molecule has 3 rings (SSSR count). The summed E-state index contributed by atoms with van der Waals surface area (Å²) in [5, 5.41) is 11.0. The number of carboxylic acid groups (broad SMARTS) is 1. The molecule has 0 unspecified atom stereocenters. The molecule has 0 fully saturated rings. The zero-order chi connectivity index (χ0) is 15.7.